The van der Waals surface area contributed by atoms with Crippen LogP contribution in [0.1, 0.15) is 18.5 Å². The smallest absolute Gasteiger partial charge is 0.229 e. The van der Waals surface area contributed by atoms with E-state index >= 15 is 0 Å². The first kappa shape index (κ1) is 7.55. The third-order valence-corrected chi connectivity index (χ3v) is 2.65. The van der Waals surface area contributed by atoms with E-state index in [9.17, 15) is 0 Å². The molecule has 0 amide bonds. The van der Waals surface area contributed by atoms with E-state index in [0.29, 0.717) is 6.04 Å². The number of aromatic nitrogens is 3. The number of para-hydroxylation sites is 1. The largest absolute Gasteiger partial charge is 0.324 e. The quantitative estimate of drug-likeness (QED) is 0.683. The van der Waals surface area contributed by atoms with Crippen molar-refractivity contribution in [3.63, 3.8) is 0 Å². The first-order chi connectivity index (χ1) is 6.86. The van der Waals surface area contributed by atoms with Gasteiger partial charge in [0, 0.05) is 5.69 Å². The molecule has 0 bridgehead atoms. The summed E-state index contributed by atoms with van der Waals surface area (Å²) in [6, 6.07) is 8.55. The number of nitrogens with zero attached hydrogens (tertiary/aromatic N) is 3. The molecule has 0 fully saturated rings. The summed E-state index contributed by atoms with van der Waals surface area (Å²) >= 11 is 0. The van der Waals surface area contributed by atoms with Crippen LogP contribution in [0.15, 0.2) is 30.6 Å². The Labute approximate surface area is 81.6 Å². The lowest BCUT2D eigenvalue weighted by Crippen LogP contribution is -2.16. The molecular formula is C10H10N4. The zero-order valence-corrected chi connectivity index (χ0v) is 7.81. The van der Waals surface area contributed by atoms with Gasteiger partial charge in [-0.1, -0.05) is 18.2 Å². The molecule has 0 unspecified atom stereocenters. The molecule has 1 aliphatic heterocycles. The molecule has 0 spiro atoms. The maximum atomic E-state index is 4.01. The topological polar surface area (TPSA) is 42.7 Å². The molecule has 0 radical (unpaired) electrons. The van der Waals surface area contributed by atoms with Crippen molar-refractivity contribution in [2.24, 2.45) is 0 Å². The molecule has 1 aromatic carbocycles. The van der Waals surface area contributed by atoms with E-state index < -0.39 is 0 Å². The Morgan fingerprint density at radius 1 is 1.36 bits per heavy atom. The van der Waals surface area contributed by atoms with Crippen LogP contribution in [-0.2, 0) is 0 Å². The SMILES string of the molecule is C[C@H]1c2ccccc2Nc2nncn21. The average molecular weight is 186 g/mol. The number of hydrogen-bond donors (Lipinski definition) is 1. The molecular weight excluding hydrogens is 176 g/mol. The van der Waals surface area contributed by atoms with Crippen molar-refractivity contribution in [1.82, 2.24) is 14.8 Å². The van der Waals surface area contributed by atoms with Gasteiger partial charge in [-0.25, -0.2) is 0 Å². The highest BCUT2D eigenvalue weighted by atomic mass is 15.4. The summed E-state index contributed by atoms with van der Waals surface area (Å²) in [5, 5.41) is 11.1. The zero-order valence-electron chi connectivity index (χ0n) is 7.81. The van der Waals surface area contributed by atoms with Crippen LogP contribution in [-0.4, -0.2) is 14.8 Å². The molecule has 70 valence electrons. The summed E-state index contributed by atoms with van der Waals surface area (Å²) in [7, 11) is 0. The fourth-order valence-corrected chi connectivity index (χ4v) is 1.86. The summed E-state index contributed by atoms with van der Waals surface area (Å²) in [5.41, 5.74) is 2.40. The van der Waals surface area contributed by atoms with Gasteiger partial charge in [0.05, 0.1) is 6.04 Å². The lowest BCUT2D eigenvalue weighted by Gasteiger charge is -2.24. The summed E-state index contributed by atoms with van der Waals surface area (Å²) < 4.78 is 2.03. The minimum absolute atomic E-state index is 0.303. The minimum atomic E-state index is 0.303. The summed E-state index contributed by atoms with van der Waals surface area (Å²) in [4.78, 5) is 0. The number of fused-ring (bicyclic) bond motifs is 2. The molecule has 0 saturated heterocycles. The van der Waals surface area contributed by atoms with E-state index in [0.717, 1.165) is 11.6 Å². The molecule has 1 atom stereocenters. The Hall–Kier alpha value is -1.84. The van der Waals surface area contributed by atoms with Crippen LogP contribution >= 0.6 is 0 Å². The van der Waals surface area contributed by atoms with Gasteiger partial charge in [0.2, 0.25) is 5.95 Å². The van der Waals surface area contributed by atoms with Gasteiger partial charge in [-0.05, 0) is 18.6 Å². The second-order valence-electron chi connectivity index (χ2n) is 3.45. The molecule has 4 nitrogen and oxygen atoms in total. The molecule has 4 heteroatoms. The Balaban J connectivity index is 2.20. The Morgan fingerprint density at radius 2 is 2.21 bits per heavy atom. The zero-order chi connectivity index (χ0) is 9.54. The van der Waals surface area contributed by atoms with E-state index in [2.05, 4.69) is 34.6 Å². The Kier molecular flexibility index (Phi) is 1.39. The van der Waals surface area contributed by atoms with Crippen LogP contribution in [0, 0.1) is 0 Å². The van der Waals surface area contributed by atoms with Crippen LogP contribution in [0.4, 0.5) is 11.6 Å². The van der Waals surface area contributed by atoms with Crippen LogP contribution in [0.3, 0.4) is 0 Å². The van der Waals surface area contributed by atoms with Gasteiger partial charge in [-0.2, -0.15) is 0 Å². The van der Waals surface area contributed by atoms with Crippen LogP contribution < -0.4 is 5.32 Å². The van der Waals surface area contributed by atoms with Crippen LogP contribution in [0.2, 0.25) is 0 Å². The Morgan fingerprint density at radius 3 is 3.14 bits per heavy atom. The van der Waals surface area contributed by atoms with E-state index in [-0.39, 0.29) is 0 Å². The van der Waals surface area contributed by atoms with E-state index in [1.807, 2.05) is 16.7 Å². The van der Waals surface area contributed by atoms with Crippen LogP contribution in [0.5, 0.6) is 0 Å². The lowest BCUT2D eigenvalue weighted by molar-refractivity contribution is 0.634. The summed E-state index contributed by atoms with van der Waals surface area (Å²) in [6.07, 6.45) is 1.75. The first-order valence-electron chi connectivity index (χ1n) is 4.62. The van der Waals surface area contributed by atoms with Gasteiger partial charge < -0.3 is 5.32 Å². The number of rotatable bonds is 0. The molecule has 1 N–H and O–H groups in total. The van der Waals surface area contributed by atoms with Crippen molar-refractivity contribution in [3.8, 4) is 0 Å². The van der Waals surface area contributed by atoms with Gasteiger partial charge in [0.25, 0.3) is 0 Å². The maximum Gasteiger partial charge on any atom is 0.229 e. The average Bonchev–Trinajstić information content (AvgIpc) is 2.66. The highest BCUT2D eigenvalue weighted by Gasteiger charge is 2.21. The molecule has 0 aliphatic carbocycles. The molecule has 2 aromatic rings. The fourth-order valence-electron chi connectivity index (χ4n) is 1.86. The van der Waals surface area contributed by atoms with Gasteiger partial charge in [0.1, 0.15) is 6.33 Å². The summed E-state index contributed by atoms with van der Waals surface area (Å²) in [6.45, 7) is 2.15. The van der Waals surface area contributed by atoms with Crippen molar-refractivity contribution in [2.45, 2.75) is 13.0 Å². The lowest BCUT2D eigenvalue weighted by atomic mass is 10.0. The van der Waals surface area contributed by atoms with E-state index in [4.69, 9.17) is 0 Å². The normalized spacial score (nSPS) is 18.2. The first-order valence-corrected chi connectivity index (χ1v) is 4.62. The number of hydrogen-bond acceptors (Lipinski definition) is 3. The van der Waals surface area contributed by atoms with Gasteiger partial charge >= 0.3 is 0 Å². The number of benzene rings is 1. The number of anilines is 2. The van der Waals surface area contributed by atoms with Crippen molar-refractivity contribution in [3.05, 3.63) is 36.2 Å². The standard InChI is InChI=1S/C10H10N4/c1-7-8-4-2-3-5-9(8)12-10-13-11-6-14(7)10/h2-7H,1H3,(H,12,13)/t7-/m0/s1. The van der Waals surface area contributed by atoms with Gasteiger partial charge in [-0.15, -0.1) is 10.2 Å². The third-order valence-electron chi connectivity index (χ3n) is 2.65. The highest BCUT2D eigenvalue weighted by Crippen LogP contribution is 2.33. The van der Waals surface area contributed by atoms with Crippen molar-refractivity contribution in [1.29, 1.82) is 0 Å². The predicted octanol–water partition coefficient (Wildman–Crippen LogP) is 1.94. The van der Waals surface area contributed by atoms with Crippen molar-refractivity contribution < 1.29 is 0 Å². The molecule has 1 aromatic heterocycles. The Bertz CT molecular complexity index is 474. The molecule has 14 heavy (non-hydrogen) atoms. The van der Waals surface area contributed by atoms with Crippen molar-refractivity contribution in [2.75, 3.05) is 5.32 Å². The summed E-state index contributed by atoms with van der Waals surface area (Å²) in [5.74, 6) is 0.816. The van der Waals surface area contributed by atoms with Crippen LogP contribution in [0.25, 0.3) is 0 Å². The van der Waals surface area contributed by atoms with E-state index in [1.54, 1.807) is 6.33 Å². The van der Waals surface area contributed by atoms with E-state index in [1.165, 1.54) is 5.56 Å². The maximum absolute atomic E-state index is 4.01. The molecule has 1 aliphatic rings. The van der Waals surface area contributed by atoms with Gasteiger partial charge in [-0.3, -0.25) is 4.57 Å². The highest BCUT2D eigenvalue weighted by molar-refractivity contribution is 5.62. The molecule has 2 heterocycles. The van der Waals surface area contributed by atoms with Gasteiger partial charge in [0.15, 0.2) is 0 Å². The molecule has 3 rings (SSSR count). The minimum Gasteiger partial charge on any atom is -0.324 e. The third kappa shape index (κ3) is 0.878. The second-order valence-corrected chi connectivity index (χ2v) is 3.45. The molecule has 0 saturated carbocycles. The van der Waals surface area contributed by atoms with Crippen molar-refractivity contribution >= 4 is 11.6 Å². The monoisotopic (exact) mass is 186 g/mol. The second kappa shape index (κ2) is 2.57. The number of nitrogens with one attached hydrogen (secondary N) is 1. The predicted molar refractivity (Wildman–Crippen MR) is 53.6 cm³/mol. The fraction of sp³-hybridized carbons (Fsp3) is 0.200.